The van der Waals surface area contributed by atoms with Gasteiger partial charge in [-0.05, 0) is 37.1 Å². The SMILES string of the molecule is Cc1cccc2c1OC(C)(CC(=O)c1cccc3cccnc13)C2. The van der Waals surface area contributed by atoms with Crippen LogP contribution in [0.25, 0.3) is 10.9 Å². The maximum absolute atomic E-state index is 12.9. The van der Waals surface area contributed by atoms with Crippen LogP contribution in [0.4, 0.5) is 0 Å². The number of pyridine rings is 1. The molecule has 0 saturated heterocycles. The number of aromatic nitrogens is 1. The summed E-state index contributed by atoms with van der Waals surface area (Å²) in [4.78, 5) is 17.3. The van der Waals surface area contributed by atoms with Crippen molar-refractivity contribution < 1.29 is 9.53 Å². The Bertz CT molecular complexity index is 942. The molecule has 3 heteroatoms. The number of carbonyl (C=O) groups is 1. The summed E-state index contributed by atoms with van der Waals surface area (Å²) in [7, 11) is 0. The minimum Gasteiger partial charge on any atom is -0.486 e. The van der Waals surface area contributed by atoms with E-state index in [0.717, 1.165) is 28.6 Å². The minimum absolute atomic E-state index is 0.0762. The van der Waals surface area contributed by atoms with Crippen LogP contribution in [-0.4, -0.2) is 16.4 Å². The lowest BCUT2D eigenvalue weighted by Crippen LogP contribution is -2.33. The molecule has 4 rings (SSSR count). The van der Waals surface area contributed by atoms with Gasteiger partial charge in [0.1, 0.15) is 11.4 Å². The first-order valence-corrected chi connectivity index (χ1v) is 8.20. The van der Waals surface area contributed by atoms with Crippen LogP contribution in [0.15, 0.2) is 54.7 Å². The Morgan fingerprint density at radius 1 is 1.17 bits per heavy atom. The van der Waals surface area contributed by atoms with Gasteiger partial charge in [0.2, 0.25) is 0 Å². The molecule has 3 nitrogen and oxygen atoms in total. The molecule has 1 aliphatic rings. The van der Waals surface area contributed by atoms with Crippen LogP contribution in [-0.2, 0) is 6.42 Å². The topological polar surface area (TPSA) is 39.2 Å². The van der Waals surface area contributed by atoms with Gasteiger partial charge in [0.05, 0.1) is 11.9 Å². The Balaban J connectivity index is 1.64. The molecule has 0 amide bonds. The van der Waals surface area contributed by atoms with Crippen LogP contribution in [0.5, 0.6) is 5.75 Å². The molecule has 0 aliphatic carbocycles. The highest BCUT2D eigenvalue weighted by Gasteiger charge is 2.37. The standard InChI is InChI=1S/C21H19NO2/c1-14-6-3-8-16-12-21(2,24-20(14)16)13-18(23)17-10-4-7-15-9-5-11-22-19(15)17/h3-11H,12-13H2,1-2H3. The first-order chi connectivity index (χ1) is 11.6. The van der Waals surface area contributed by atoms with Gasteiger partial charge in [-0.3, -0.25) is 9.78 Å². The molecular weight excluding hydrogens is 298 g/mol. The number of aryl methyl sites for hydroxylation is 1. The van der Waals surface area contributed by atoms with E-state index in [9.17, 15) is 4.79 Å². The number of fused-ring (bicyclic) bond motifs is 2. The second-order valence-electron chi connectivity index (χ2n) is 6.77. The Kier molecular flexibility index (Phi) is 3.38. The molecule has 3 aromatic rings. The van der Waals surface area contributed by atoms with Crippen molar-refractivity contribution in [1.82, 2.24) is 4.98 Å². The predicted molar refractivity (Wildman–Crippen MR) is 94.6 cm³/mol. The fraction of sp³-hybridized carbons (Fsp3) is 0.238. The second kappa shape index (κ2) is 5.45. The molecule has 1 atom stereocenters. The highest BCUT2D eigenvalue weighted by atomic mass is 16.5. The third-order valence-electron chi connectivity index (χ3n) is 4.67. The molecule has 1 unspecified atom stereocenters. The molecule has 0 bridgehead atoms. The Morgan fingerprint density at radius 2 is 1.96 bits per heavy atom. The number of ether oxygens (including phenoxy) is 1. The molecule has 0 radical (unpaired) electrons. The van der Waals surface area contributed by atoms with E-state index in [-0.39, 0.29) is 5.78 Å². The Labute approximate surface area is 141 Å². The lowest BCUT2D eigenvalue weighted by molar-refractivity contribution is 0.0741. The van der Waals surface area contributed by atoms with Gasteiger partial charge in [-0.2, -0.15) is 0 Å². The predicted octanol–water partition coefficient (Wildman–Crippen LogP) is 4.51. The molecule has 120 valence electrons. The van der Waals surface area contributed by atoms with Crippen LogP contribution < -0.4 is 4.74 Å². The van der Waals surface area contributed by atoms with E-state index in [4.69, 9.17) is 4.74 Å². The summed E-state index contributed by atoms with van der Waals surface area (Å²) < 4.78 is 6.19. The normalized spacial score (nSPS) is 19.1. The number of nitrogens with zero attached hydrogens (tertiary/aromatic N) is 1. The molecule has 0 N–H and O–H groups in total. The van der Waals surface area contributed by atoms with Crippen LogP contribution in [0, 0.1) is 6.92 Å². The van der Waals surface area contributed by atoms with Crippen LogP contribution in [0.2, 0.25) is 0 Å². The van der Waals surface area contributed by atoms with Crippen molar-refractivity contribution in [1.29, 1.82) is 0 Å². The van der Waals surface area contributed by atoms with Gasteiger partial charge in [-0.1, -0.05) is 36.4 Å². The minimum atomic E-state index is -0.498. The Hall–Kier alpha value is -2.68. The largest absolute Gasteiger partial charge is 0.486 e. The third kappa shape index (κ3) is 2.46. The Morgan fingerprint density at radius 3 is 2.79 bits per heavy atom. The summed E-state index contributed by atoms with van der Waals surface area (Å²) in [6, 6.07) is 15.8. The van der Waals surface area contributed by atoms with Gasteiger partial charge < -0.3 is 4.74 Å². The maximum atomic E-state index is 12.9. The van der Waals surface area contributed by atoms with Gasteiger partial charge in [0.25, 0.3) is 0 Å². The van der Waals surface area contributed by atoms with E-state index in [1.54, 1.807) is 6.20 Å². The molecular formula is C21H19NO2. The van der Waals surface area contributed by atoms with Crippen molar-refractivity contribution >= 4 is 16.7 Å². The zero-order chi connectivity index (χ0) is 16.7. The van der Waals surface area contributed by atoms with Gasteiger partial charge in [-0.25, -0.2) is 0 Å². The average Bonchev–Trinajstić information content (AvgIpc) is 2.91. The summed E-state index contributed by atoms with van der Waals surface area (Å²) in [5.74, 6) is 1.01. The van der Waals surface area contributed by atoms with E-state index in [2.05, 4.69) is 11.1 Å². The quantitative estimate of drug-likeness (QED) is 0.667. The summed E-state index contributed by atoms with van der Waals surface area (Å²) >= 11 is 0. The summed E-state index contributed by atoms with van der Waals surface area (Å²) in [6.07, 6.45) is 2.83. The van der Waals surface area contributed by atoms with E-state index in [1.807, 2.05) is 56.3 Å². The van der Waals surface area contributed by atoms with E-state index in [0.29, 0.717) is 12.0 Å². The van der Waals surface area contributed by atoms with Crippen molar-refractivity contribution in [3.05, 3.63) is 71.4 Å². The molecule has 0 spiro atoms. The zero-order valence-corrected chi connectivity index (χ0v) is 13.9. The van der Waals surface area contributed by atoms with E-state index in [1.165, 1.54) is 5.56 Å². The zero-order valence-electron chi connectivity index (χ0n) is 13.9. The fourth-order valence-corrected chi connectivity index (χ4v) is 3.55. The molecule has 2 aromatic carbocycles. The van der Waals surface area contributed by atoms with Crippen LogP contribution in [0.3, 0.4) is 0 Å². The number of para-hydroxylation sites is 2. The molecule has 1 aromatic heterocycles. The smallest absolute Gasteiger partial charge is 0.169 e. The van der Waals surface area contributed by atoms with Crippen LogP contribution in [0.1, 0.15) is 34.8 Å². The van der Waals surface area contributed by atoms with E-state index >= 15 is 0 Å². The molecule has 1 aliphatic heterocycles. The van der Waals surface area contributed by atoms with Crippen molar-refractivity contribution in [2.24, 2.45) is 0 Å². The number of Topliss-reactive ketones (excluding diaryl/α,β-unsaturated/α-hetero) is 1. The highest BCUT2D eigenvalue weighted by molar-refractivity contribution is 6.07. The first-order valence-electron chi connectivity index (χ1n) is 8.20. The number of benzene rings is 2. The highest BCUT2D eigenvalue weighted by Crippen LogP contribution is 2.39. The molecule has 0 saturated carbocycles. The summed E-state index contributed by atoms with van der Waals surface area (Å²) in [5, 5.41) is 0.986. The van der Waals surface area contributed by atoms with Gasteiger partial charge in [0, 0.05) is 23.6 Å². The lowest BCUT2D eigenvalue weighted by atomic mass is 9.90. The molecule has 2 heterocycles. The molecule has 0 fully saturated rings. The number of hydrogen-bond acceptors (Lipinski definition) is 3. The first kappa shape index (κ1) is 14.9. The molecule has 24 heavy (non-hydrogen) atoms. The van der Waals surface area contributed by atoms with Gasteiger partial charge >= 0.3 is 0 Å². The number of hydrogen-bond donors (Lipinski definition) is 0. The second-order valence-corrected chi connectivity index (χ2v) is 6.77. The van der Waals surface area contributed by atoms with Crippen molar-refractivity contribution in [3.63, 3.8) is 0 Å². The number of rotatable bonds is 3. The number of carbonyl (C=O) groups excluding carboxylic acids is 1. The third-order valence-corrected chi connectivity index (χ3v) is 4.67. The van der Waals surface area contributed by atoms with Crippen molar-refractivity contribution in [3.8, 4) is 5.75 Å². The fourth-order valence-electron chi connectivity index (χ4n) is 3.55. The monoisotopic (exact) mass is 317 g/mol. The summed E-state index contributed by atoms with van der Waals surface area (Å²) in [5.41, 5.74) is 3.24. The summed E-state index contributed by atoms with van der Waals surface area (Å²) in [6.45, 7) is 4.06. The lowest BCUT2D eigenvalue weighted by Gasteiger charge is -2.23. The van der Waals surface area contributed by atoms with Crippen molar-refractivity contribution in [2.75, 3.05) is 0 Å². The maximum Gasteiger partial charge on any atom is 0.169 e. The van der Waals surface area contributed by atoms with Crippen LogP contribution >= 0.6 is 0 Å². The average molecular weight is 317 g/mol. The van der Waals surface area contributed by atoms with Gasteiger partial charge in [0.15, 0.2) is 5.78 Å². The van der Waals surface area contributed by atoms with Crippen molar-refractivity contribution in [2.45, 2.75) is 32.3 Å². The van der Waals surface area contributed by atoms with E-state index < -0.39 is 5.60 Å². The number of ketones is 1. The van der Waals surface area contributed by atoms with Gasteiger partial charge in [-0.15, -0.1) is 0 Å².